The number of hydrogen-bond donors (Lipinski definition) is 1. The van der Waals surface area contributed by atoms with Gasteiger partial charge in [-0.05, 0) is 52.8 Å². The number of nitrogens with zero attached hydrogens (tertiary/aromatic N) is 4. The third-order valence-electron chi connectivity index (χ3n) is 7.55. The maximum atomic E-state index is 13.5. The van der Waals surface area contributed by atoms with E-state index < -0.39 is 21.9 Å². The highest BCUT2D eigenvalue weighted by Gasteiger charge is 2.35. The van der Waals surface area contributed by atoms with Crippen molar-refractivity contribution in [3.05, 3.63) is 88.0 Å². The van der Waals surface area contributed by atoms with Crippen molar-refractivity contribution in [1.82, 2.24) is 19.3 Å². The summed E-state index contributed by atoms with van der Waals surface area (Å²) in [6, 6.07) is 16.8. The Hall–Kier alpha value is -3.60. The molecule has 1 aliphatic rings. The van der Waals surface area contributed by atoms with E-state index >= 15 is 0 Å². The van der Waals surface area contributed by atoms with Crippen LogP contribution in [0.5, 0.6) is 0 Å². The second-order valence-electron chi connectivity index (χ2n) is 10.3. The summed E-state index contributed by atoms with van der Waals surface area (Å²) in [6.45, 7) is 4.90. The van der Waals surface area contributed by atoms with Crippen LogP contribution in [0.1, 0.15) is 58.6 Å². The molecule has 39 heavy (non-hydrogen) atoms. The van der Waals surface area contributed by atoms with Crippen molar-refractivity contribution < 1.29 is 23.1 Å². The number of carboxylic acid groups (broad SMARTS) is 1. The third-order valence-corrected chi connectivity index (χ3v) is 9.44. The number of carbonyl (C=O) groups is 1. The normalized spacial score (nSPS) is 17.7. The summed E-state index contributed by atoms with van der Waals surface area (Å²) in [7, 11) is -0.244. The second kappa shape index (κ2) is 10.5. The number of carboxylic acids is 1. The van der Waals surface area contributed by atoms with Crippen LogP contribution in [-0.4, -0.2) is 52.4 Å². The number of hydrogen-bond acceptors (Lipinski definition) is 6. The van der Waals surface area contributed by atoms with Crippen LogP contribution >= 0.6 is 0 Å². The maximum Gasteiger partial charge on any atom is 0.304 e. The molecule has 0 amide bonds. The Morgan fingerprint density at radius 1 is 1.13 bits per heavy atom. The van der Waals surface area contributed by atoms with Crippen molar-refractivity contribution in [2.45, 2.75) is 50.2 Å². The number of ether oxygens (including phenoxy) is 1. The minimum atomic E-state index is -3.66. The van der Waals surface area contributed by atoms with E-state index in [1.54, 1.807) is 23.9 Å². The van der Waals surface area contributed by atoms with E-state index in [0.29, 0.717) is 23.6 Å². The van der Waals surface area contributed by atoms with Crippen molar-refractivity contribution in [2.75, 3.05) is 13.7 Å². The number of rotatable bonds is 8. The van der Waals surface area contributed by atoms with Crippen LogP contribution in [0.3, 0.4) is 0 Å². The molecule has 204 valence electrons. The molecule has 0 bridgehead atoms. The van der Waals surface area contributed by atoms with Crippen molar-refractivity contribution in [1.29, 1.82) is 0 Å². The lowest BCUT2D eigenvalue weighted by molar-refractivity contribution is -0.137. The summed E-state index contributed by atoms with van der Waals surface area (Å²) < 4.78 is 35.6. The van der Waals surface area contributed by atoms with E-state index in [2.05, 4.69) is 10.3 Å². The van der Waals surface area contributed by atoms with Crippen LogP contribution in [-0.2, 0) is 39.8 Å². The van der Waals surface area contributed by atoms with Gasteiger partial charge in [-0.2, -0.15) is 4.31 Å². The smallest absolute Gasteiger partial charge is 0.304 e. The van der Waals surface area contributed by atoms with Gasteiger partial charge in [0.05, 0.1) is 23.4 Å². The van der Waals surface area contributed by atoms with E-state index in [9.17, 15) is 18.3 Å². The minimum absolute atomic E-state index is 0.0610. The summed E-state index contributed by atoms with van der Waals surface area (Å²) in [5.74, 6) is -1.34. The summed E-state index contributed by atoms with van der Waals surface area (Å²) in [4.78, 5) is 12.3. The van der Waals surface area contributed by atoms with Crippen molar-refractivity contribution >= 4 is 27.0 Å². The maximum absolute atomic E-state index is 13.5. The first-order chi connectivity index (χ1) is 18.6. The number of aliphatic carboxylic acids is 1. The van der Waals surface area contributed by atoms with E-state index in [-0.39, 0.29) is 18.9 Å². The molecule has 2 atom stereocenters. The average Bonchev–Trinajstić information content (AvgIpc) is 3.28. The topological polar surface area (TPSA) is 115 Å². The molecule has 0 fully saturated rings. The van der Waals surface area contributed by atoms with E-state index in [4.69, 9.17) is 4.74 Å². The fraction of sp³-hybridized carbons (Fsp3) is 0.345. The minimum Gasteiger partial charge on any atom is -0.481 e. The standard InChI is InChI=1S/C29H32N4O5S/c1-18-9-10-20(11-22(18)16-33-15-19(2)24-7-5-6-8-27(24)39(33,36)37)25(14-28(34)35)21-12-23(17-38-4)29-26(13-21)30-31-32(29)3/h5-13,19,25H,14-17H2,1-4H3,(H,34,35). The lowest BCUT2D eigenvalue weighted by Gasteiger charge is -2.33. The van der Waals surface area contributed by atoms with Gasteiger partial charge in [0.25, 0.3) is 0 Å². The molecule has 1 aliphatic heterocycles. The van der Waals surface area contributed by atoms with Gasteiger partial charge in [-0.1, -0.05) is 54.6 Å². The van der Waals surface area contributed by atoms with Gasteiger partial charge >= 0.3 is 5.97 Å². The Bertz CT molecular complexity index is 1660. The van der Waals surface area contributed by atoms with Crippen molar-refractivity contribution in [3.63, 3.8) is 0 Å². The van der Waals surface area contributed by atoms with Gasteiger partial charge < -0.3 is 9.84 Å². The molecule has 0 aliphatic carbocycles. The molecule has 5 rings (SSSR count). The zero-order valence-corrected chi connectivity index (χ0v) is 23.3. The molecule has 9 nitrogen and oxygen atoms in total. The van der Waals surface area contributed by atoms with E-state index in [1.165, 1.54) is 4.31 Å². The lowest BCUT2D eigenvalue weighted by Crippen LogP contribution is -2.38. The zero-order valence-electron chi connectivity index (χ0n) is 22.5. The average molecular weight is 549 g/mol. The Morgan fingerprint density at radius 2 is 1.87 bits per heavy atom. The quantitative estimate of drug-likeness (QED) is 0.348. The molecule has 2 heterocycles. The molecule has 1 N–H and O–H groups in total. The van der Waals surface area contributed by atoms with Crippen LogP contribution in [0.25, 0.3) is 11.0 Å². The third kappa shape index (κ3) is 5.07. The fourth-order valence-corrected chi connectivity index (χ4v) is 7.39. The Balaban J connectivity index is 1.55. The van der Waals surface area contributed by atoms with Crippen LogP contribution < -0.4 is 0 Å². The first kappa shape index (κ1) is 27.0. The van der Waals surface area contributed by atoms with Crippen LogP contribution in [0, 0.1) is 6.92 Å². The number of methoxy groups -OCH3 is 1. The van der Waals surface area contributed by atoms with Gasteiger partial charge in [-0.15, -0.1) is 5.10 Å². The zero-order chi connectivity index (χ0) is 27.9. The number of sulfonamides is 1. The molecule has 0 spiro atoms. The van der Waals surface area contributed by atoms with Crippen molar-refractivity contribution in [3.8, 4) is 0 Å². The summed E-state index contributed by atoms with van der Waals surface area (Å²) in [5, 5.41) is 18.2. The number of fused-ring (bicyclic) bond motifs is 2. The SMILES string of the molecule is COCc1cc(C(CC(=O)O)c2ccc(C)c(CN3CC(C)c4ccccc4S3(=O)=O)c2)cc2nnn(C)c12. The first-order valence-corrected chi connectivity index (χ1v) is 14.3. The summed E-state index contributed by atoms with van der Waals surface area (Å²) in [6.07, 6.45) is -0.132. The highest BCUT2D eigenvalue weighted by molar-refractivity contribution is 7.89. The molecule has 10 heteroatoms. The Kier molecular flexibility index (Phi) is 7.28. The van der Waals surface area contributed by atoms with Crippen LogP contribution in [0.15, 0.2) is 59.5 Å². The Labute approximate surface area is 228 Å². The number of benzene rings is 3. The Morgan fingerprint density at radius 3 is 2.62 bits per heavy atom. The molecule has 0 radical (unpaired) electrons. The van der Waals surface area contributed by atoms with E-state index in [1.807, 2.05) is 63.4 Å². The molecule has 1 aromatic heterocycles. The lowest BCUT2D eigenvalue weighted by atomic mass is 9.86. The second-order valence-corrected chi connectivity index (χ2v) is 12.2. The highest BCUT2D eigenvalue weighted by atomic mass is 32.2. The van der Waals surface area contributed by atoms with Gasteiger partial charge in [-0.25, -0.2) is 13.1 Å². The number of aryl methyl sites for hydroxylation is 2. The van der Waals surface area contributed by atoms with Gasteiger partial charge in [0.15, 0.2) is 0 Å². The monoisotopic (exact) mass is 548 g/mol. The van der Waals surface area contributed by atoms with Gasteiger partial charge in [0.2, 0.25) is 10.0 Å². The predicted molar refractivity (Wildman–Crippen MR) is 147 cm³/mol. The highest BCUT2D eigenvalue weighted by Crippen LogP contribution is 2.36. The van der Waals surface area contributed by atoms with E-state index in [0.717, 1.165) is 38.9 Å². The van der Waals surface area contributed by atoms with Gasteiger partial charge in [-0.3, -0.25) is 4.79 Å². The van der Waals surface area contributed by atoms with Gasteiger partial charge in [0, 0.05) is 38.7 Å². The molecular formula is C29H32N4O5S. The molecule has 2 unspecified atom stereocenters. The summed E-state index contributed by atoms with van der Waals surface area (Å²) >= 11 is 0. The fourth-order valence-electron chi connectivity index (χ4n) is 5.56. The molecule has 0 saturated heterocycles. The molecule has 0 saturated carbocycles. The number of aromatic nitrogens is 3. The van der Waals surface area contributed by atoms with Crippen LogP contribution in [0.2, 0.25) is 0 Å². The van der Waals surface area contributed by atoms with Crippen molar-refractivity contribution in [2.24, 2.45) is 7.05 Å². The molecule has 4 aromatic rings. The molecular weight excluding hydrogens is 516 g/mol. The summed E-state index contributed by atoms with van der Waals surface area (Å²) in [5.41, 5.74) is 6.59. The first-order valence-electron chi connectivity index (χ1n) is 12.8. The predicted octanol–water partition coefficient (Wildman–Crippen LogP) is 4.34. The largest absolute Gasteiger partial charge is 0.481 e. The van der Waals surface area contributed by atoms with Crippen LogP contribution in [0.4, 0.5) is 0 Å². The van der Waals surface area contributed by atoms with Gasteiger partial charge in [0.1, 0.15) is 5.52 Å². The molecule has 3 aromatic carbocycles.